The van der Waals surface area contributed by atoms with Crippen LogP contribution in [0.3, 0.4) is 0 Å². The normalized spacial score (nSPS) is 26.4. The van der Waals surface area contributed by atoms with Crippen LogP contribution < -0.4 is 0 Å². The number of carbonyl (C=O) groups excluding carboxylic acids is 1. The van der Waals surface area contributed by atoms with E-state index in [4.69, 9.17) is 9.15 Å². The Labute approximate surface area is 149 Å². The summed E-state index contributed by atoms with van der Waals surface area (Å²) in [6.45, 7) is 8.62. The van der Waals surface area contributed by atoms with Gasteiger partial charge in [-0.05, 0) is 31.8 Å². The van der Waals surface area contributed by atoms with Crippen molar-refractivity contribution in [2.75, 3.05) is 26.7 Å². The van der Waals surface area contributed by atoms with E-state index in [1.165, 1.54) is 19.3 Å². The van der Waals surface area contributed by atoms with Crippen molar-refractivity contribution in [1.29, 1.82) is 0 Å². The lowest BCUT2D eigenvalue weighted by molar-refractivity contribution is -0.141. The van der Waals surface area contributed by atoms with Gasteiger partial charge in [0.15, 0.2) is 0 Å². The Morgan fingerprint density at radius 2 is 1.96 bits per heavy atom. The van der Waals surface area contributed by atoms with Crippen molar-refractivity contribution in [3.05, 3.63) is 11.8 Å². The number of piperidine rings is 1. The van der Waals surface area contributed by atoms with Crippen molar-refractivity contribution < 1.29 is 13.9 Å². The Hall–Kier alpha value is -1.47. The zero-order valence-electron chi connectivity index (χ0n) is 15.8. The molecule has 140 valence electrons. The van der Waals surface area contributed by atoms with E-state index in [0.717, 1.165) is 13.1 Å². The van der Waals surface area contributed by atoms with Crippen molar-refractivity contribution in [3.8, 4) is 0 Å². The molecule has 1 amide bonds. The van der Waals surface area contributed by atoms with Crippen molar-refractivity contribution in [3.63, 3.8) is 0 Å². The van der Waals surface area contributed by atoms with E-state index in [-0.39, 0.29) is 30.0 Å². The lowest BCUT2D eigenvalue weighted by Gasteiger charge is -2.38. The van der Waals surface area contributed by atoms with Gasteiger partial charge in [0.1, 0.15) is 6.04 Å². The van der Waals surface area contributed by atoms with E-state index in [2.05, 4.69) is 28.9 Å². The van der Waals surface area contributed by atoms with E-state index in [1.54, 1.807) is 14.0 Å². The number of hydrogen-bond acceptors (Lipinski definition) is 6. The smallest absolute Gasteiger partial charge is 0.240 e. The van der Waals surface area contributed by atoms with Gasteiger partial charge in [-0.2, -0.15) is 0 Å². The number of carbonyl (C=O) groups is 1. The first-order valence-corrected chi connectivity index (χ1v) is 9.38. The van der Waals surface area contributed by atoms with Crippen LogP contribution >= 0.6 is 0 Å². The lowest BCUT2D eigenvalue weighted by atomic mass is 9.97. The number of aryl methyl sites for hydroxylation is 1. The highest BCUT2D eigenvalue weighted by molar-refractivity contribution is 5.83. The number of nitrogens with zero attached hydrogens (tertiary/aromatic N) is 4. The molecule has 0 bridgehead atoms. The molecule has 0 aliphatic carbocycles. The second-order valence-electron chi connectivity index (χ2n) is 7.54. The molecule has 0 saturated carbocycles. The van der Waals surface area contributed by atoms with Gasteiger partial charge in [0.05, 0.1) is 12.1 Å². The Bertz CT molecular complexity index is 583. The summed E-state index contributed by atoms with van der Waals surface area (Å²) in [5.74, 6) is 1.47. The molecule has 3 atom stereocenters. The maximum absolute atomic E-state index is 13.5. The molecule has 3 rings (SSSR count). The average Bonchev–Trinajstić information content (AvgIpc) is 3.21. The molecule has 3 heterocycles. The molecule has 1 aromatic rings. The predicted octanol–water partition coefficient (Wildman–Crippen LogP) is 2.18. The van der Waals surface area contributed by atoms with E-state index >= 15 is 0 Å². The highest BCUT2D eigenvalue weighted by Gasteiger charge is 2.43. The van der Waals surface area contributed by atoms with Gasteiger partial charge in [-0.3, -0.25) is 9.69 Å². The third kappa shape index (κ3) is 3.87. The number of aromatic nitrogens is 2. The van der Waals surface area contributed by atoms with Crippen molar-refractivity contribution in [2.45, 2.75) is 64.6 Å². The van der Waals surface area contributed by atoms with Crippen molar-refractivity contribution >= 4 is 5.91 Å². The molecule has 1 unspecified atom stereocenters. The summed E-state index contributed by atoms with van der Waals surface area (Å²) >= 11 is 0. The molecule has 0 radical (unpaired) electrons. The lowest BCUT2D eigenvalue weighted by Crippen LogP contribution is -2.53. The molecule has 1 aromatic heterocycles. The summed E-state index contributed by atoms with van der Waals surface area (Å²) < 4.78 is 11.2. The minimum Gasteiger partial charge on any atom is -0.423 e. The fourth-order valence-corrected chi connectivity index (χ4v) is 4.12. The minimum absolute atomic E-state index is 0.00956. The Morgan fingerprint density at radius 3 is 2.52 bits per heavy atom. The van der Waals surface area contributed by atoms with Crippen LogP contribution in [0.1, 0.15) is 57.4 Å². The first kappa shape index (κ1) is 18.3. The molecular weight excluding hydrogens is 320 g/mol. The molecule has 2 saturated heterocycles. The number of rotatable bonds is 5. The van der Waals surface area contributed by atoms with Gasteiger partial charge < -0.3 is 14.1 Å². The van der Waals surface area contributed by atoms with E-state index < -0.39 is 0 Å². The van der Waals surface area contributed by atoms with Crippen LogP contribution in [-0.4, -0.2) is 64.8 Å². The van der Waals surface area contributed by atoms with Crippen LogP contribution in [0.4, 0.5) is 0 Å². The summed E-state index contributed by atoms with van der Waals surface area (Å²) in [6, 6.07) is -0.285. The second kappa shape index (κ2) is 7.83. The third-order valence-corrected chi connectivity index (χ3v) is 5.37. The van der Waals surface area contributed by atoms with Gasteiger partial charge in [-0.15, -0.1) is 10.2 Å². The Balaban J connectivity index is 1.83. The van der Waals surface area contributed by atoms with Crippen molar-refractivity contribution in [2.24, 2.45) is 5.92 Å². The van der Waals surface area contributed by atoms with Crippen LogP contribution in [0.5, 0.6) is 0 Å². The standard InChI is InChI=1S/C18H30N4O3/c1-12(2)16(21-8-6-5-7-9-21)18(23)22-11-14(24-4)10-15(22)17-20-19-13(3)25-17/h12,14-16H,5-11H2,1-4H3/t14-,15+,16?/m0/s1. The monoisotopic (exact) mass is 350 g/mol. The summed E-state index contributed by atoms with van der Waals surface area (Å²) in [7, 11) is 1.69. The van der Waals surface area contributed by atoms with E-state index in [9.17, 15) is 4.79 Å². The topological polar surface area (TPSA) is 71.7 Å². The van der Waals surface area contributed by atoms with Crippen molar-refractivity contribution in [1.82, 2.24) is 20.0 Å². The predicted molar refractivity (Wildman–Crippen MR) is 93.0 cm³/mol. The van der Waals surface area contributed by atoms with Crippen LogP contribution in [-0.2, 0) is 9.53 Å². The molecule has 7 nitrogen and oxygen atoms in total. The Kier molecular flexibility index (Phi) is 5.74. The molecule has 0 aromatic carbocycles. The number of methoxy groups -OCH3 is 1. The summed E-state index contributed by atoms with van der Waals surface area (Å²) in [6.07, 6.45) is 4.31. The summed E-state index contributed by atoms with van der Waals surface area (Å²) in [4.78, 5) is 17.7. The van der Waals surface area contributed by atoms with Crippen LogP contribution in [0, 0.1) is 12.8 Å². The number of likely N-dealkylation sites (tertiary alicyclic amines) is 2. The zero-order valence-corrected chi connectivity index (χ0v) is 15.8. The molecule has 0 spiro atoms. The van der Waals surface area contributed by atoms with Crippen LogP contribution in [0.2, 0.25) is 0 Å². The van der Waals surface area contributed by atoms with E-state index in [1.807, 2.05) is 4.90 Å². The van der Waals surface area contributed by atoms with Gasteiger partial charge in [-0.25, -0.2) is 0 Å². The van der Waals surface area contributed by atoms with Gasteiger partial charge >= 0.3 is 0 Å². The SMILES string of the molecule is CO[C@H]1C[C@H](c2nnc(C)o2)N(C(=O)C(C(C)C)N2CCCCC2)C1. The number of ether oxygens (including phenoxy) is 1. The van der Waals surface area contributed by atoms with E-state index in [0.29, 0.717) is 24.7 Å². The highest BCUT2D eigenvalue weighted by atomic mass is 16.5. The minimum atomic E-state index is -0.190. The fraction of sp³-hybridized carbons (Fsp3) is 0.833. The second-order valence-corrected chi connectivity index (χ2v) is 7.54. The molecule has 7 heteroatoms. The van der Waals surface area contributed by atoms with Gasteiger partial charge in [-0.1, -0.05) is 20.3 Å². The molecule has 2 aliphatic rings. The molecule has 0 N–H and O–H groups in total. The van der Waals surface area contributed by atoms with Gasteiger partial charge in [0.25, 0.3) is 0 Å². The van der Waals surface area contributed by atoms with Gasteiger partial charge in [0, 0.05) is 27.0 Å². The third-order valence-electron chi connectivity index (χ3n) is 5.37. The molecule has 2 fully saturated rings. The fourth-order valence-electron chi connectivity index (χ4n) is 4.12. The average molecular weight is 350 g/mol. The summed E-state index contributed by atoms with van der Waals surface area (Å²) in [5, 5.41) is 8.11. The van der Waals surface area contributed by atoms with Gasteiger partial charge in [0.2, 0.25) is 17.7 Å². The quantitative estimate of drug-likeness (QED) is 0.810. The number of hydrogen-bond donors (Lipinski definition) is 0. The highest BCUT2D eigenvalue weighted by Crippen LogP contribution is 2.34. The molecule has 2 aliphatic heterocycles. The largest absolute Gasteiger partial charge is 0.423 e. The summed E-state index contributed by atoms with van der Waals surface area (Å²) in [5.41, 5.74) is 0. The Morgan fingerprint density at radius 1 is 1.24 bits per heavy atom. The zero-order chi connectivity index (χ0) is 18.0. The first-order valence-electron chi connectivity index (χ1n) is 9.38. The first-order chi connectivity index (χ1) is 12.0. The van der Waals surface area contributed by atoms with Crippen LogP contribution in [0.25, 0.3) is 0 Å². The van der Waals surface area contributed by atoms with Crippen LogP contribution in [0.15, 0.2) is 4.42 Å². The molecular formula is C18H30N4O3. The maximum atomic E-state index is 13.5. The molecule has 25 heavy (non-hydrogen) atoms. The number of amides is 1. The maximum Gasteiger partial charge on any atom is 0.240 e.